The first kappa shape index (κ1) is 15.1. The predicted octanol–water partition coefficient (Wildman–Crippen LogP) is 6.31. The van der Waals surface area contributed by atoms with Gasteiger partial charge in [0.2, 0.25) is 0 Å². The molecule has 0 bridgehead atoms. The second kappa shape index (κ2) is 6.97. The third kappa shape index (κ3) is 3.17. The highest BCUT2D eigenvalue weighted by molar-refractivity contribution is 7.22. The van der Waals surface area contributed by atoms with E-state index in [-0.39, 0.29) is 0 Å². The topological polar surface area (TPSA) is 9.23 Å². The van der Waals surface area contributed by atoms with Gasteiger partial charge in [-0.05, 0) is 59.7 Å². The van der Waals surface area contributed by atoms with E-state index in [0.29, 0.717) is 0 Å². The molecule has 1 heterocycles. The van der Waals surface area contributed by atoms with Crippen molar-refractivity contribution < 1.29 is 4.74 Å². The molecule has 2 heteroatoms. The summed E-state index contributed by atoms with van der Waals surface area (Å²) in [6.45, 7) is 5.19. The molecule has 22 heavy (non-hydrogen) atoms. The summed E-state index contributed by atoms with van der Waals surface area (Å²) in [5.41, 5.74) is 2.59. The molecule has 0 fully saturated rings. The minimum absolute atomic E-state index is 0.811. The van der Waals surface area contributed by atoms with E-state index in [0.717, 1.165) is 25.2 Å². The van der Waals surface area contributed by atoms with Crippen molar-refractivity contribution in [2.45, 2.75) is 33.1 Å². The summed E-state index contributed by atoms with van der Waals surface area (Å²) in [7, 11) is 0. The van der Waals surface area contributed by atoms with Gasteiger partial charge in [-0.1, -0.05) is 38.5 Å². The Balaban J connectivity index is 1.90. The molecule has 0 aliphatic heterocycles. The summed E-state index contributed by atoms with van der Waals surface area (Å²) in [5.74, 6) is 1.04. The molecule has 0 saturated heterocycles. The van der Waals surface area contributed by atoms with Crippen LogP contribution < -0.4 is 4.74 Å². The van der Waals surface area contributed by atoms with E-state index in [2.05, 4.69) is 62.4 Å². The zero-order chi connectivity index (χ0) is 15.4. The van der Waals surface area contributed by atoms with Crippen molar-refractivity contribution >= 4 is 21.4 Å². The Kier molecular flexibility index (Phi) is 4.79. The van der Waals surface area contributed by atoms with E-state index >= 15 is 0 Å². The fourth-order valence-corrected chi connectivity index (χ4v) is 3.66. The molecule has 0 unspecified atom stereocenters. The number of benzene rings is 2. The Bertz CT molecular complexity index is 724. The molecule has 3 rings (SSSR count). The Morgan fingerprint density at radius 2 is 1.86 bits per heavy atom. The smallest absolute Gasteiger partial charge is 0.122 e. The molecular formula is C20H22OS. The molecule has 0 aliphatic carbocycles. The van der Waals surface area contributed by atoms with Gasteiger partial charge >= 0.3 is 0 Å². The maximum absolute atomic E-state index is 5.92. The lowest BCUT2D eigenvalue weighted by Crippen LogP contribution is -1.99. The number of hydrogen-bond acceptors (Lipinski definition) is 2. The van der Waals surface area contributed by atoms with Gasteiger partial charge in [0.05, 0.1) is 6.61 Å². The number of hydrogen-bond donors (Lipinski definition) is 0. The molecule has 0 atom stereocenters. The largest absolute Gasteiger partial charge is 0.493 e. The zero-order valence-electron chi connectivity index (χ0n) is 13.3. The van der Waals surface area contributed by atoms with Gasteiger partial charge in [-0.3, -0.25) is 0 Å². The normalized spacial score (nSPS) is 11.0. The fourth-order valence-electron chi connectivity index (χ4n) is 2.60. The highest BCUT2D eigenvalue weighted by Gasteiger charge is 2.08. The molecule has 2 aromatic carbocycles. The maximum atomic E-state index is 5.92. The molecule has 3 aromatic rings. The van der Waals surface area contributed by atoms with E-state index < -0.39 is 0 Å². The van der Waals surface area contributed by atoms with Crippen LogP contribution in [0.25, 0.3) is 20.5 Å². The Labute approximate surface area is 136 Å². The van der Waals surface area contributed by atoms with Gasteiger partial charge in [0.25, 0.3) is 0 Å². The Hall–Kier alpha value is -1.80. The van der Waals surface area contributed by atoms with Crippen LogP contribution in [-0.2, 0) is 6.42 Å². The third-order valence-corrected chi connectivity index (χ3v) is 5.07. The van der Waals surface area contributed by atoms with Crippen LogP contribution in [0, 0.1) is 0 Å². The van der Waals surface area contributed by atoms with E-state index in [4.69, 9.17) is 4.74 Å². The van der Waals surface area contributed by atoms with Gasteiger partial charge in [0, 0.05) is 9.58 Å². The fraction of sp³-hybridized carbons (Fsp3) is 0.300. The number of ether oxygens (including phenoxy) is 1. The molecule has 1 aromatic heterocycles. The van der Waals surface area contributed by atoms with E-state index in [1.807, 2.05) is 11.3 Å². The van der Waals surface area contributed by atoms with Gasteiger partial charge in [-0.25, -0.2) is 0 Å². The van der Waals surface area contributed by atoms with Crippen LogP contribution >= 0.6 is 11.3 Å². The first-order chi connectivity index (χ1) is 10.8. The quantitative estimate of drug-likeness (QED) is 0.485. The average molecular weight is 310 g/mol. The number of rotatable bonds is 6. The Morgan fingerprint density at radius 3 is 2.64 bits per heavy atom. The van der Waals surface area contributed by atoms with Gasteiger partial charge in [-0.2, -0.15) is 0 Å². The molecule has 114 valence electrons. The molecule has 0 aliphatic rings. The van der Waals surface area contributed by atoms with Gasteiger partial charge in [-0.15, -0.1) is 11.3 Å². The molecule has 0 N–H and O–H groups in total. The van der Waals surface area contributed by atoms with Crippen LogP contribution in [0.3, 0.4) is 0 Å². The SMILES string of the molecule is CCCCOc1ccc(-c2cc3ccccc3s2)cc1CC. The standard InChI is InChI=1S/C20H22OS/c1-3-5-12-21-18-11-10-17(13-15(18)4-2)20-14-16-8-6-7-9-19(16)22-20/h6-11,13-14H,3-5,12H2,1-2H3. The summed E-state index contributed by atoms with van der Waals surface area (Å²) < 4.78 is 7.27. The number of fused-ring (bicyclic) bond motifs is 1. The number of thiophene rings is 1. The lowest BCUT2D eigenvalue weighted by molar-refractivity contribution is 0.306. The summed E-state index contributed by atoms with van der Waals surface area (Å²) in [6, 6.07) is 17.5. The van der Waals surface area contributed by atoms with E-state index in [9.17, 15) is 0 Å². The van der Waals surface area contributed by atoms with Crippen molar-refractivity contribution in [1.82, 2.24) is 0 Å². The van der Waals surface area contributed by atoms with E-state index in [1.54, 1.807) is 0 Å². The summed E-state index contributed by atoms with van der Waals surface area (Å²) in [6.07, 6.45) is 3.28. The summed E-state index contributed by atoms with van der Waals surface area (Å²) in [5, 5.41) is 1.32. The van der Waals surface area contributed by atoms with Gasteiger partial charge < -0.3 is 4.74 Å². The highest BCUT2D eigenvalue weighted by Crippen LogP contribution is 2.35. The third-order valence-electron chi connectivity index (χ3n) is 3.91. The van der Waals surface area contributed by atoms with Crippen LogP contribution in [0.4, 0.5) is 0 Å². The number of aryl methyl sites for hydroxylation is 1. The summed E-state index contributed by atoms with van der Waals surface area (Å²) >= 11 is 1.86. The van der Waals surface area contributed by atoms with Crippen molar-refractivity contribution in [3.05, 3.63) is 54.1 Å². The molecule has 0 amide bonds. The van der Waals surface area contributed by atoms with Crippen LogP contribution in [0.15, 0.2) is 48.5 Å². The first-order valence-electron chi connectivity index (χ1n) is 8.06. The minimum Gasteiger partial charge on any atom is -0.493 e. The van der Waals surface area contributed by atoms with E-state index in [1.165, 1.54) is 32.5 Å². The second-order valence-corrected chi connectivity index (χ2v) is 6.61. The second-order valence-electron chi connectivity index (χ2n) is 5.53. The molecule has 0 spiro atoms. The monoisotopic (exact) mass is 310 g/mol. The predicted molar refractivity (Wildman–Crippen MR) is 97.0 cm³/mol. The van der Waals surface area contributed by atoms with Crippen LogP contribution in [0.2, 0.25) is 0 Å². The average Bonchev–Trinajstić information content (AvgIpc) is 2.99. The van der Waals surface area contributed by atoms with Gasteiger partial charge in [0.15, 0.2) is 0 Å². The Morgan fingerprint density at radius 1 is 1.00 bits per heavy atom. The van der Waals surface area contributed by atoms with Crippen molar-refractivity contribution in [3.8, 4) is 16.2 Å². The molecule has 0 saturated carbocycles. The van der Waals surface area contributed by atoms with Crippen LogP contribution in [-0.4, -0.2) is 6.61 Å². The summed E-state index contributed by atoms with van der Waals surface area (Å²) in [4.78, 5) is 1.33. The lowest BCUT2D eigenvalue weighted by Gasteiger charge is -2.11. The van der Waals surface area contributed by atoms with Crippen LogP contribution in [0.5, 0.6) is 5.75 Å². The van der Waals surface area contributed by atoms with Crippen molar-refractivity contribution in [3.63, 3.8) is 0 Å². The van der Waals surface area contributed by atoms with Crippen molar-refractivity contribution in [2.75, 3.05) is 6.61 Å². The van der Waals surface area contributed by atoms with Crippen molar-refractivity contribution in [1.29, 1.82) is 0 Å². The molecule has 0 radical (unpaired) electrons. The highest BCUT2D eigenvalue weighted by atomic mass is 32.1. The minimum atomic E-state index is 0.811. The number of unbranched alkanes of at least 4 members (excludes halogenated alkanes) is 1. The molecule has 1 nitrogen and oxygen atoms in total. The maximum Gasteiger partial charge on any atom is 0.122 e. The zero-order valence-corrected chi connectivity index (χ0v) is 14.1. The first-order valence-corrected chi connectivity index (χ1v) is 8.88. The van der Waals surface area contributed by atoms with Crippen molar-refractivity contribution in [2.24, 2.45) is 0 Å². The van der Waals surface area contributed by atoms with Gasteiger partial charge in [0.1, 0.15) is 5.75 Å². The van der Waals surface area contributed by atoms with Crippen LogP contribution in [0.1, 0.15) is 32.3 Å². The lowest BCUT2D eigenvalue weighted by atomic mass is 10.1. The molecular weight excluding hydrogens is 288 g/mol.